The molecule has 1 aliphatic rings. The molecule has 3 rings (SSSR count). The lowest BCUT2D eigenvalue weighted by Crippen LogP contribution is -2.34. The minimum atomic E-state index is -3.61. The average Bonchev–Trinajstić information content (AvgIpc) is 3.10. The number of nitrogens with one attached hydrogen (secondary N) is 1. The number of rotatable bonds is 6. The van der Waals surface area contributed by atoms with Gasteiger partial charge in [0.2, 0.25) is 5.91 Å². The number of nitrogens with zero attached hydrogens (tertiary/aromatic N) is 1. The zero-order valence-electron chi connectivity index (χ0n) is 17.6. The van der Waals surface area contributed by atoms with E-state index in [0.717, 1.165) is 10.4 Å². The molecule has 1 aromatic carbocycles. The summed E-state index contributed by atoms with van der Waals surface area (Å²) in [6.07, 6.45) is 0.468. The molecule has 0 bridgehead atoms. The van der Waals surface area contributed by atoms with Crippen molar-refractivity contribution >= 4 is 44.0 Å². The number of carbonyl (C=O) groups excluding carboxylic acids is 3. The zero-order chi connectivity index (χ0) is 22.8. The highest BCUT2D eigenvalue weighted by molar-refractivity contribution is 7.91. The number of esters is 1. The van der Waals surface area contributed by atoms with Gasteiger partial charge in [-0.2, -0.15) is 0 Å². The Balaban J connectivity index is 2.01. The molecule has 8 nitrogen and oxygen atoms in total. The minimum absolute atomic E-state index is 0.0101. The van der Waals surface area contributed by atoms with Gasteiger partial charge in [-0.25, -0.2) is 13.2 Å². The van der Waals surface area contributed by atoms with Gasteiger partial charge in [0, 0.05) is 18.3 Å². The Morgan fingerprint density at radius 2 is 1.90 bits per heavy atom. The fraction of sp³-hybridized carbons (Fsp3) is 0.381. The first kappa shape index (κ1) is 23.0. The van der Waals surface area contributed by atoms with Crippen LogP contribution >= 0.6 is 11.3 Å². The second kappa shape index (κ2) is 9.19. The SMILES string of the molecule is CCOC(=O)c1c(NC(=O)c2ccccc2S(=O)(=O)CC)sc2c1CCN(C(C)=O)C2. The molecule has 2 aromatic rings. The van der Waals surface area contributed by atoms with Crippen molar-refractivity contribution in [1.82, 2.24) is 4.90 Å². The molecule has 166 valence electrons. The lowest BCUT2D eigenvalue weighted by molar-refractivity contribution is -0.129. The normalized spacial score (nSPS) is 13.5. The summed E-state index contributed by atoms with van der Waals surface area (Å²) in [6, 6.07) is 5.97. The predicted octanol–water partition coefficient (Wildman–Crippen LogP) is 2.88. The molecule has 31 heavy (non-hydrogen) atoms. The molecule has 1 N–H and O–H groups in total. The van der Waals surface area contributed by atoms with Gasteiger partial charge < -0.3 is 15.0 Å². The molecule has 0 unspecified atom stereocenters. The first-order valence-corrected chi connectivity index (χ1v) is 12.4. The second-order valence-corrected chi connectivity index (χ2v) is 10.3. The Hall–Kier alpha value is -2.72. The highest BCUT2D eigenvalue weighted by Gasteiger charge is 2.31. The third-order valence-corrected chi connectivity index (χ3v) is 7.97. The van der Waals surface area contributed by atoms with E-state index in [2.05, 4.69) is 5.32 Å². The van der Waals surface area contributed by atoms with Crippen LogP contribution in [-0.2, 0) is 32.3 Å². The van der Waals surface area contributed by atoms with Crippen LogP contribution < -0.4 is 5.32 Å². The topological polar surface area (TPSA) is 110 Å². The standard InChI is InChI=1S/C21H24N2O6S2/c1-4-29-21(26)18-14-10-11-23(13(3)24)12-16(14)30-20(18)22-19(25)15-8-6-7-9-17(15)31(27,28)5-2/h6-9H,4-5,10-12H2,1-3H3,(H,22,25). The molecule has 0 saturated heterocycles. The summed E-state index contributed by atoms with van der Waals surface area (Å²) in [6.45, 7) is 5.68. The molecule has 0 atom stereocenters. The Kier molecular flexibility index (Phi) is 6.80. The highest BCUT2D eigenvalue weighted by Crippen LogP contribution is 2.38. The van der Waals surface area contributed by atoms with E-state index in [1.807, 2.05) is 0 Å². The maximum absolute atomic E-state index is 13.0. The molecule has 0 radical (unpaired) electrons. The van der Waals surface area contributed by atoms with Crippen molar-refractivity contribution in [3.63, 3.8) is 0 Å². The van der Waals surface area contributed by atoms with Gasteiger partial charge in [0.1, 0.15) is 5.00 Å². The molecule has 0 fully saturated rings. The van der Waals surface area contributed by atoms with Gasteiger partial charge in [0.25, 0.3) is 5.91 Å². The smallest absolute Gasteiger partial charge is 0.341 e. The van der Waals surface area contributed by atoms with Crippen molar-refractivity contribution in [1.29, 1.82) is 0 Å². The molecule has 0 spiro atoms. The van der Waals surface area contributed by atoms with E-state index in [1.165, 1.54) is 37.3 Å². The van der Waals surface area contributed by atoms with Gasteiger partial charge >= 0.3 is 5.97 Å². The van der Waals surface area contributed by atoms with Crippen LogP contribution in [0.1, 0.15) is 51.9 Å². The maximum atomic E-state index is 13.0. The number of hydrogen-bond acceptors (Lipinski definition) is 7. The van der Waals surface area contributed by atoms with E-state index < -0.39 is 21.7 Å². The van der Waals surface area contributed by atoms with E-state index in [1.54, 1.807) is 24.0 Å². The quantitative estimate of drug-likeness (QED) is 0.659. The first-order valence-electron chi connectivity index (χ1n) is 9.89. The molecule has 1 aliphatic heterocycles. The minimum Gasteiger partial charge on any atom is -0.462 e. The molecule has 2 amide bonds. The second-order valence-electron chi connectivity index (χ2n) is 6.97. The van der Waals surface area contributed by atoms with Crippen molar-refractivity contribution < 1.29 is 27.5 Å². The van der Waals surface area contributed by atoms with E-state index in [0.29, 0.717) is 24.5 Å². The van der Waals surface area contributed by atoms with Crippen LogP contribution in [0, 0.1) is 0 Å². The van der Waals surface area contributed by atoms with E-state index in [4.69, 9.17) is 4.74 Å². The van der Waals surface area contributed by atoms with E-state index >= 15 is 0 Å². The molecule has 0 aliphatic carbocycles. The average molecular weight is 465 g/mol. The van der Waals surface area contributed by atoms with Crippen molar-refractivity contribution in [3.05, 3.63) is 45.8 Å². The number of ether oxygens (including phenoxy) is 1. The Bertz CT molecular complexity index is 1140. The molecule has 2 heterocycles. The van der Waals surface area contributed by atoms with Gasteiger partial charge in [-0.05, 0) is 31.0 Å². The molecule has 0 saturated carbocycles. The summed E-state index contributed by atoms with van der Waals surface area (Å²) in [5.41, 5.74) is 1.04. The van der Waals surface area contributed by atoms with Crippen LogP contribution in [0.15, 0.2) is 29.2 Å². The van der Waals surface area contributed by atoms with Crippen LogP contribution in [0.5, 0.6) is 0 Å². The van der Waals surface area contributed by atoms with Crippen molar-refractivity contribution in [2.75, 3.05) is 24.2 Å². The van der Waals surface area contributed by atoms with E-state index in [9.17, 15) is 22.8 Å². The Morgan fingerprint density at radius 3 is 2.55 bits per heavy atom. The Morgan fingerprint density at radius 1 is 1.19 bits per heavy atom. The molecule has 1 aromatic heterocycles. The number of fused-ring (bicyclic) bond motifs is 1. The largest absolute Gasteiger partial charge is 0.462 e. The number of thiophene rings is 1. The predicted molar refractivity (Wildman–Crippen MR) is 117 cm³/mol. The lowest BCUT2D eigenvalue weighted by Gasteiger charge is -2.25. The first-order chi connectivity index (χ1) is 14.7. The zero-order valence-corrected chi connectivity index (χ0v) is 19.2. The summed E-state index contributed by atoms with van der Waals surface area (Å²) in [4.78, 5) is 39.9. The monoisotopic (exact) mass is 464 g/mol. The number of carbonyl (C=O) groups is 3. The number of amides is 2. The maximum Gasteiger partial charge on any atom is 0.341 e. The number of benzene rings is 1. The number of hydrogen-bond donors (Lipinski definition) is 1. The van der Waals surface area contributed by atoms with Crippen LogP contribution in [-0.4, -0.2) is 50.0 Å². The number of sulfone groups is 1. The lowest BCUT2D eigenvalue weighted by atomic mass is 10.0. The van der Waals surface area contributed by atoms with Gasteiger partial charge in [0.15, 0.2) is 9.84 Å². The summed E-state index contributed by atoms with van der Waals surface area (Å²) >= 11 is 1.20. The fourth-order valence-corrected chi connectivity index (χ4v) is 5.77. The Labute approximate surface area is 185 Å². The van der Waals surface area contributed by atoms with Crippen molar-refractivity contribution in [2.24, 2.45) is 0 Å². The van der Waals surface area contributed by atoms with Crippen LogP contribution in [0.3, 0.4) is 0 Å². The third kappa shape index (κ3) is 4.64. The van der Waals surface area contributed by atoms with Crippen molar-refractivity contribution in [2.45, 2.75) is 38.6 Å². The summed E-state index contributed by atoms with van der Waals surface area (Å²) < 4.78 is 30.0. The van der Waals surface area contributed by atoms with Gasteiger partial charge in [-0.15, -0.1) is 11.3 Å². The molecular weight excluding hydrogens is 440 g/mol. The highest BCUT2D eigenvalue weighted by atomic mass is 32.2. The summed E-state index contributed by atoms with van der Waals surface area (Å²) in [7, 11) is -3.61. The summed E-state index contributed by atoms with van der Waals surface area (Å²) in [5.74, 6) is -1.39. The third-order valence-electron chi connectivity index (χ3n) is 5.06. The molecule has 10 heteroatoms. The number of anilines is 1. The van der Waals surface area contributed by atoms with Gasteiger partial charge in [0.05, 0.1) is 34.9 Å². The summed E-state index contributed by atoms with van der Waals surface area (Å²) in [5, 5.41) is 3.01. The van der Waals surface area contributed by atoms with Gasteiger partial charge in [-0.1, -0.05) is 19.1 Å². The van der Waals surface area contributed by atoms with Gasteiger partial charge in [-0.3, -0.25) is 9.59 Å². The fourth-order valence-electron chi connectivity index (χ4n) is 3.43. The van der Waals surface area contributed by atoms with E-state index in [-0.39, 0.29) is 34.3 Å². The van der Waals surface area contributed by atoms with Crippen LogP contribution in [0.4, 0.5) is 5.00 Å². The molecular formula is C21H24N2O6S2. The van der Waals surface area contributed by atoms with Crippen molar-refractivity contribution in [3.8, 4) is 0 Å². The van der Waals surface area contributed by atoms with Crippen LogP contribution in [0.2, 0.25) is 0 Å². The van der Waals surface area contributed by atoms with Crippen LogP contribution in [0.25, 0.3) is 0 Å².